The fourth-order valence-electron chi connectivity index (χ4n) is 2.31. The minimum absolute atomic E-state index is 0.0205. The standard InChI is InChI=1S/C17H17IN4O3/c18-14-11-19-15-7-8-16(20-22(14)15)21(9-4-10-23)17(24)25-12-13-5-2-1-3-6-13/h1-3,5-8,11,23H,4,9-10,12H2. The Labute approximate surface area is 158 Å². The van der Waals surface area contributed by atoms with Crippen molar-refractivity contribution in [3.8, 4) is 0 Å². The topological polar surface area (TPSA) is 80.0 Å². The van der Waals surface area contributed by atoms with Gasteiger partial charge in [-0.15, -0.1) is 5.10 Å². The van der Waals surface area contributed by atoms with E-state index < -0.39 is 6.09 Å². The monoisotopic (exact) mass is 452 g/mol. The molecule has 0 aliphatic heterocycles. The van der Waals surface area contributed by atoms with Crippen LogP contribution in [0.5, 0.6) is 0 Å². The van der Waals surface area contributed by atoms with Gasteiger partial charge in [0.2, 0.25) is 0 Å². The molecule has 1 aromatic carbocycles. The van der Waals surface area contributed by atoms with Crippen LogP contribution in [-0.4, -0.2) is 38.9 Å². The molecule has 25 heavy (non-hydrogen) atoms. The van der Waals surface area contributed by atoms with Gasteiger partial charge in [-0.1, -0.05) is 30.3 Å². The minimum Gasteiger partial charge on any atom is -0.444 e. The van der Waals surface area contributed by atoms with Gasteiger partial charge in [-0.3, -0.25) is 4.90 Å². The van der Waals surface area contributed by atoms with Gasteiger partial charge in [0, 0.05) is 13.2 Å². The number of imidazole rings is 1. The average Bonchev–Trinajstić information content (AvgIpc) is 3.02. The summed E-state index contributed by atoms with van der Waals surface area (Å²) in [4.78, 5) is 18.2. The zero-order valence-electron chi connectivity index (χ0n) is 13.4. The predicted molar refractivity (Wildman–Crippen MR) is 101 cm³/mol. The summed E-state index contributed by atoms with van der Waals surface area (Å²) in [5.41, 5.74) is 1.61. The van der Waals surface area contributed by atoms with E-state index in [0.29, 0.717) is 24.4 Å². The number of halogens is 1. The maximum Gasteiger partial charge on any atom is 0.415 e. The van der Waals surface area contributed by atoms with Crippen LogP contribution >= 0.6 is 22.6 Å². The van der Waals surface area contributed by atoms with Crippen molar-refractivity contribution in [2.24, 2.45) is 0 Å². The van der Waals surface area contributed by atoms with Crippen LogP contribution in [0.3, 0.4) is 0 Å². The highest BCUT2D eigenvalue weighted by Crippen LogP contribution is 2.16. The number of benzene rings is 1. The average molecular weight is 452 g/mol. The van der Waals surface area contributed by atoms with Gasteiger partial charge in [0.15, 0.2) is 11.5 Å². The Morgan fingerprint density at radius 1 is 1.24 bits per heavy atom. The molecule has 0 radical (unpaired) electrons. The number of anilines is 1. The van der Waals surface area contributed by atoms with E-state index in [1.165, 1.54) is 4.90 Å². The van der Waals surface area contributed by atoms with Crippen molar-refractivity contribution in [1.82, 2.24) is 14.6 Å². The van der Waals surface area contributed by atoms with Crippen molar-refractivity contribution in [3.05, 3.63) is 57.9 Å². The Hall–Kier alpha value is -2.20. The smallest absolute Gasteiger partial charge is 0.415 e. The van der Waals surface area contributed by atoms with Crippen molar-refractivity contribution in [3.63, 3.8) is 0 Å². The Kier molecular flexibility index (Phi) is 5.82. The van der Waals surface area contributed by atoms with Gasteiger partial charge >= 0.3 is 6.09 Å². The van der Waals surface area contributed by atoms with Crippen molar-refractivity contribution < 1.29 is 14.6 Å². The summed E-state index contributed by atoms with van der Waals surface area (Å²) in [5, 5.41) is 13.6. The van der Waals surface area contributed by atoms with E-state index >= 15 is 0 Å². The molecular formula is C17H17IN4O3. The highest BCUT2D eigenvalue weighted by molar-refractivity contribution is 14.1. The van der Waals surface area contributed by atoms with Crippen molar-refractivity contribution in [1.29, 1.82) is 0 Å². The summed E-state index contributed by atoms with van der Waals surface area (Å²) in [6.45, 7) is 0.474. The number of ether oxygens (including phenoxy) is 1. The van der Waals surface area contributed by atoms with Crippen LogP contribution in [0.4, 0.5) is 10.6 Å². The first-order chi connectivity index (χ1) is 12.2. The number of hydrogen-bond acceptors (Lipinski definition) is 5. The molecule has 0 aliphatic carbocycles. The number of rotatable bonds is 6. The quantitative estimate of drug-likeness (QED) is 0.582. The Morgan fingerprint density at radius 3 is 2.80 bits per heavy atom. The first-order valence-corrected chi connectivity index (χ1v) is 8.86. The second kappa shape index (κ2) is 8.26. The van der Waals surface area contributed by atoms with Gasteiger partial charge in [0.25, 0.3) is 0 Å². The highest BCUT2D eigenvalue weighted by Gasteiger charge is 2.19. The van der Waals surface area contributed by atoms with Crippen LogP contribution in [0, 0.1) is 3.70 Å². The fourth-order valence-corrected chi connectivity index (χ4v) is 2.80. The van der Waals surface area contributed by atoms with Crippen LogP contribution in [0.15, 0.2) is 48.7 Å². The molecule has 0 atom stereocenters. The molecule has 0 fully saturated rings. The molecule has 8 heteroatoms. The van der Waals surface area contributed by atoms with E-state index in [2.05, 4.69) is 32.7 Å². The number of aromatic nitrogens is 3. The molecular weight excluding hydrogens is 435 g/mol. The molecule has 0 aliphatic rings. The van der Waals surface area contributed by atoms with Crippen molar-refractivity contribution in [2.75, 3.05) is 18.1 Å². The van der Waals surface area contributed by atoms with Crippen LogP contribution in [0.2, 0.25) is 0 Å². The number of fused-ring (bicyclic) bond motifs is 1. The molecule has 0 saturated heterocycles. The zero-order chi connectivity index (χ0) is 17.6. The summed E-state index contributed by atoms with van der Waals surface area (Å²) in [6, 6.07) is 13.0. The number of amides is 1. The molecule has 2 aromatic heterocycles. The lowest BCUT2D eigenvalue weighted by atomic mass is 10.2. The summed E-state index contributed by atoms with van der Waals surface area (Å²) in [6.07, 6.45) is 1.64. The van der Waals surface area contributed by atoms with Gasteiger partial charge in [-0.2, -0.15) is 0 Å². The summed E-state index contributed by atoms with van der Waals surface area (Å²) < 4.78 is 7.90. The minimum atomic E-state index is -0.501. The zero-order valence-corrected chi connectivity index (χ0v) is 15.5. The highest BCUT2D eigenvalue weighted by atomic mass is 127. The third-order valence-electron chi connectivity index (χ3n) is 3.55. The largest absolute Gasteiger partial charge is 0.444 e. The fraction of sp³-hybridized carbons (Fsp3) is 0.235. The lowest BCUT2D eigenvalue weighted by Gasteiger charge is -2.21. The van der Waals surface area contributed by atoms with Crippen LogP contribution in [-0.2, 0) is 11.3 Å². The first-order valence-electron chi connectivity index (χ1n) is 7.78. The lowest BCUT2D eigenvalue weighted by Crippen LogP contribution is -2.34. The third-order valence-corrected chi connectivity index (χ3v) is 4.28. The molecule has 3 rings (SSSR count). The van der Waals surface area contributed by atoms with Crippen LogP contribution in [0.1, 0.15) is 12.0 Å². The maximum absolute atomic E-state index is 12.5. The number of carbonyl (C=O) groups excluding carboxylic acids is 1. The lowest BCUT2D eigenvalue weighted by molar-refractivity contribution is 0.146. The molecule has 1 N–H and O–H groups in total. The van der Waals surface area contributed by atoms with E-state index in [4.69, 9.17) is 9.84 Å². The third kappa shape index (κ3) is 4.26. The molecule has 0 saturated carbocycles. The van der Waals surface area contributed by atoms with E-state index in [1.54, 1.807) is 22.8 Å². The number of aliphatic hydroxyl groups excluding tert-OH is 1. The Bertz CT molecular complexity index is 853. The number of nitrogens with zero attached hydrogens (tertiary/aromatic N) is 4. The molecule has 0 spiro atoms. The van der Waals surface area contributed by atoms with E-state index in [-0.39, 0.29) is 13.2 Å². The molecule has 130 valence electrons. The summed E-state index contributed by atoms with van der Waals surface area (Å²) in [5.74, 6) is 0.454. The van der Waals surface area contributed by atoms with Gasteiger partial charge < -0.3 is 9.84 Å². The SMILES string of the molecule is O=C(OCc1ccccc1)N(CCCO)c1ccc2ncc(I)n2n1. The van der Waals surface area contributed by atoms with Gasteiger partial charge in [0.1, 0.15) is 10.3 Å². The molecule has 3 aromatic rings. The normalized spacial score (nSPS) is 10.8. The number of hydrogen-bond donors (Lipinski definition) is 1. The number of aliphatic hydroxyl groups is 1. The van der Waals surface area contributed by atoms with E-state index in [0.717, 1.165) is 9.26 Å². The van der Waals surface area contributed by atoms with Gasteiger partial charge in [0.05, 0.1) is 6.20 Å². The van der Waals surface area contributed by atoms with Crippen LogP contribution in [0.25, 0.3) is 5.65 Å². The van der Waals surface area contributed by atoms with E-state index in [9.17, 15) is 4.79 Å². The van der Waals surface area contributed by atoms with Gasteiger partial charge in [-0.25, -0.2) is 14.3 Å². The van der Waals surface area contributed by atoms with E-state index in [1.807, 2.05) is 30.3 Å². The Balaban J connectivity index is 1.79. The molecule has 1 amide bonds. The Morgan fingerprint density at radius 2 is 2.04 bits per heavy atom. The summed E-state index contributed by atoms with van der Waals surface area (Å²) in [7, 11) is 0. The molecule has 2 heterocycles. The van der Waals surface area contributed by atoms with Gasteiger partial charge in [-0.05, 0) is 46.7 Å². The molecule has 0 bridgehead atoms. The first kappa shape index (κ1) is 17.6. The second-order valence-corrected chi connectivity index (χ2v) is 6.42. The number of carbonyl (C=O) groups is 1. The maximum atomic E-state index is 12.5. The van der Waals surface area contributed by atoms with Crippen molar-refractivity contribution in [2.45, 2.75) is 13.0 Å². The van der Waals surface area contributed by atoms with Crippen molar-refractivity contribution >= 4 is 40.1 Å². The molecule has 7 nitrogen and oxygen atoms in total. The second-order valence-electron chi connectivity index (χ2n) is 5.31. The molecule has 0 unspecified atom stereocenters. The van der Waals surface area contributed by atoms with Crippen LogP contribution < -0.4 is 4.90 Å². The predicted octanol–water partition coefficient (Wildman–Crippen LogP) is 2.86. The summed E-state index contributed by atoms with van der Waals surface area (Å²) >= 11 is 2.13.